The van der Waals surface area contributed by atoms with Gasteiger partial charge in [-0.2, -0.15) is 0 Å². The summed E-state index contributed by atoms with van der Waals surface area (Å²) in [5.74, 6) is 0. The van der Waals surface area contributed by atoms with Gasteiger partial charge in [0.05, 0.1) is 12.6 Å². The minimum atomic E-state index is 0.0652. The molecule has 0 aliphatic rings. The fourth-order valence-corrected chi connectivity index (χ4v) is 2.01. The fraction of sp³-hybridized carbons (Fsp3) is 0.250. The molecule has 2 aromatic rings. The van der Waals surface area contributed by atoms with Crippen LogP contribution in [0.1, 0.15) is 24.1 Å². The Hall–Kier alpha value is -1.64. The Balaban J connectivity index is 2.29. The molecule has 0 amide bonds. The van der Waals surface area contributed by atoms with Crippen LogP contribution in [0, 0.1) is 0 Å². The number of hydrogen-bond acceptors (Lipinski definition) is 2. The van der Waals surface area contributed by atoms with Crippen LogP contribution < -0.4 is 5.32 Å². The summed E-state index contributed by atoms with van der Waals surface area (Å²) in [4.78, 5) is 0. The minimum Gasteiger partial charge on any atom is -0.395 e. The van der Waals surface area contributed by atoms with Crippen LogP contribution in [0.2, 0.25) is 0 Å². The van der Waals surface area contributed by atoms with Crippen molar-refractivity contribution in [3.63, 3.8) is 0 Å². The highest BCUT2D eigenvalue weighted by atomic mass is 16.3. The Morgan fingerprint density at radius 2 is 1.33 bits per heavy atom. The van der Waals surface area contributed by atoms with Crippen LogP contribution in [0.3, 0.4) is 0 Å². The molecule has 0 radical (unpaired) electrons. The molecule has 0 unspecified atom stereocenters. The summed E-state index contributed by atoms with van der Waals surface area (Å²) in [6.07, 6.45) is 0. The lowest BCUT2D eigenvalue weighted by atomic mass is 9.98. The van der Waals surface area contributed by atoms with Crippen molar-refractivity contribution in [2.24, 2.45) is 0 Å². The number of nitrogens with one attached hydrogen (secondary N) is 1. The molecule has 0 aliphatic heterocycles. The van der Waals surface area contributed by atoms with E-state index in [9.17, 15) is 5.11 Å². The zero-order valence-corrected chi connectivity index (χ0v) is 10.6. The molecule has 2 nitrogen and oxygen atoms in total. The molecule has 2 aromatic carbocycles. The van der Waals surface area contributed by atoms with Gasteiger partial charge in [0.2, 0.25) is 0 Å². The summed E-state index contributed by atoms with van der Waals surface area (Å²) in [6.45, 7) is 2.12. The first kappa shape index (κ1) is 12.8. The van der Waals surface area contributed by atoms with Crippen molar-refractivity contribution in [2.75, 3.05) is 6.61 Å². The first-order valence-electron chi connectivity index (χ1n) is 6.28. The summed E-state index contributed by atoms with van der Waals surface area (Å²) in [7, 11) is 0. The van der Waals surface area contributed by atoms with Gasteiger partial charge in [-0.05, 0) is 18.1 Å². The van der Waals surface area contributed by atoms with Crippen molar-refractivity contribution in [1.82, 2.24) is 5.32 Å². The van der Waals surface area contributed by atoms with E-state index in [0.717, 1.165) is 0 Å². The van der Waals surface area contributed by atoms with Crippen molar-refractivity contribution < 1.29 is 5.11 Å². The van der Waals surface area contributed by atoms with E-state index < -0.39 is 0 Å². The molecule has 2 rings (SSSR count). The third kappa shape index (κ3) is 3.19. The van der Waals surface area contributed by atoms with E-state index in [1.165, 1.54) is 11.1 Å². The van der Waals surface area contributed by atoms with Crippen molar-refractivity contribution in [3.05, 3.63) is 71.8 Å². The average Bonchev–Trinajstić information content (AvgIpc) is 2.46. The molecule has 18 heavy (non-hydrogen) atoms. The summed E-state index contributed by atoms with van der Waals surface area (Å²) >= 11 is 0. The summed E-state index contributed by atoms with van der Waals surface area (Å²) in [5, 5.41) is 12.7. The number of hydrogen-bond donors (Lipinski definition) is 2. The van der Waals surface area contributed by atoms with Gasteiger partial charge in [-0.15, -0.1) is 0 Å². The monoisotopic (exact) mass is 241 g/mol. The van der Waals surface area contributed by atoms with E-state index in [1.807, 2.05) is 43.3 Å². The zero-order chi connectivity index (χ0) is 12.8. The summed E-state index contributed by atoms with van der Waals surface area (Å²) < 4.78 is 0. The molecule has 0 aliphatic carbocycles. The lowest BCUT2D eigenvalue weighted by Gasteiger charge is -2.23. The van der Waals surface area contributed by atoms with Crippen molar-refractivity contribution in [2.45, 2.75) is 19.0 Å². The van der Waals surface area contributed by atoms with Gasteiger partial charge in [0, 0.05) is 6.04 Å². The van der Waals surface area contributed by atoms with Gasteiger partial charge in [-0.3, -0.25) is 0 Å². The molecule has 2 N–H and O–H groups in total. The third-order valence-electron chi connectivity index (χ3n) is 2.99. The van der Waals surface area contributed by atoms with Crippen molar-refractivity contribution >= 4 is 0 Å². The predicted molar refractivity (Wildman–Crippen MR) is 74.4 cm³/mol. The Morgan fingerprint density at radius 3 is 1.72 bits per heavy atom. The minimum absolute atomic E-state index is 0.0652. The van der Waals surface area contributed by atoms with E-state index in [1.54, 1.807) is 0 Å². The predicted octanol–water partition coefficient (Wildman–Crippen LogP) is 2.75. The van der Waals surface area contributed by atoms with Gasteiger partial charge < -0.3 is 10.4 Å². The van der Waals surface area contributed by atoms with Crippen LogP contribution in [0.5, 0.6) is 0 Å². The van der Waals surface area contributed by atoms with Crippen LogP contribution in [0.4, 0.5) is 0 Å². The number of rotatable bonds is 5. The molecule has 1 atom stereocenters. The highest BCUT2D eigenvalue weighted by Gasteiger charge is 2.15. The highest BCUT2D eigenvalue weighted by molar-refractivity contribution is 5.31. The molecular formula is C16H19NO. The highest BCUT2D eigenvalue weighted by Crippen LogP contribution is 2.22. The first-order valence-corrected chi connectivity index (χ1v) is 6.28. The second kappa shape index (κ2) is 6.34. The fourth-order valence-electron chi connectivity index (χ4n) is 2.01. The SMILES string of the molecule is C[C@H](CO)NC(c1ccccc1)c1ccccc1. The maximum absolute atomic E-state index is 9.21. The standard InChI is InChI=1S/C16H19NO/c1-13(12-18)17-16(14-8-4-2-5-9-14)15-10-6-3-7-11-15/h2-11,13,16-18H,12H2,1H3/t13-/m1/s1. The van der Waals surface area contributed by atoms with Crippen molar-refractivity contribution in [3.8, 4) is 0 Å². The number of aliphatic hydroxyl groups excluding tert-OH is 1. The molecule has 0 heterocycles. The van der Waals surface area contributed by atoms with E-state index in [4.69, 9.17) is 0 Å². The average molecular weight is 241 g/mol. The molecule has 94 valence electrons. The van der Waals surface area contributed by atoms with Gasteiger partial charge in [-0.25, -0.2) is 0 Å². The molecule has 0 bridgehead atoms. The first-order chi connectivity index (χ1) is 8.81. The van der Waals surface area contributed by atoms with Gasteiger partial charge >= 0.3 is 0 Å². The Morgan fingerprint density at radius 1 is 0.889 bits per heavy atom. The quantitative estimate of drug-likeness (QED) is 0.843. The molecule has 0 aromatic heterocycles. The molecule has 0 saturated heterocycles. The second-order valence-corrected chi connectivity index (χ2v) is 4.50. The van der Waals surface area contributed by atoms with Crippen LogP contribution in [-0.2, 0) is 0 Å². The van der Waals surface area contributed by atoms with Crippen LogP contribution in [-0.4, -0.2) is 17.8 Å². The van der Waals surface area contributed by atoms with Crippen LogP contribution in [0.25, 0.3) is 0 Å². The van der Waals surface area contributed by atoms with Crippen molar-refractivity contribution in [1.29, 1.82) is 0 Å². The summed E-state index contributed by atoms with van der Waals surface area (Å²) in [5.41, 5.74) is 2.42. The topological polar surface area (TPSA) is 32.3 Å². The molecule has 0 saturated carbocycles. The molecule has 0 spiro atoms. The molecule has 0 fully saturated rings. The number of aliphatic hydroxyl groups is 1. The number of benzene rings is 2. The normalized spacial score (nSPS) is 12.6. The molecule has 2 heteroatoms. The Labute approximate surface area is 108 Å². The van der Waals surface area contributed by atoms with Gasteiger partial charge in [-0.1, -0.05) is 60.7 Å². The van der Waals surface area contributed by atoms with E-state index in [-0.39, 0.29) is 18.7 Å². The Bertz CT molecular complexity index is 416. The Kier molecular flexibility index (Phi) is 4.51. The lowest BCUT2D eigenvalue weighted by molar-refractivity contribution is 0.245. The van der Waals surface area contributed by atoms with Crippen LogP contribution in [0.15, 0.2) is 60.7 Å². The molecular weight excluding hydrogens is 222 g/mol. The third-order valence-corrected chi connectivity index (χ3v) is 2.99. The lowest BCUT2D eigenvalue weighted by Crippen LogP contribution is -2.33. The van der Waals surface area contributed by atoms with E-state index in [0.29, 0.717) is 0 Å². The smallest absolute Gasteiger partial charge is 0.0582 e. The van der Waals surface area contributed by atoms with E-state index >= 15 is 0 Å². The van der Waals surface area contributed by atoms with Gasteiger partial charge in [0.15, 0.2) is 0 Å². The largest absolute Gasteiger partial charge is 0.395 e. The van der Waals surface area contributed by atoms with Gasteiger partial charge in [0.25, 0.3) is 0 Å². The van der Waals surface area contributed by atoms with E-state index in [2.05, 4.69) is 29.6 Å². The summed E-state index contributed by atoms with van der Waals surface area (Å²) in [6, 6.07) is 20.8. The maximum Gasteiger partial charge on any atom is 0.0582 e. The second-order valence-electron chi connectivity index (χ2n) is 4.50. The zero-order valence-electron chi connectivity index (χ0n) is 10.6. The van der Waals surface area contributed by atoms with Gasteiger partial charge in [0.1, 0.15) is 0 Å². The maximum atomic E-state index is 9.21. The van der Waals surface area contributed by atoms with Crippen LogP contribution >= 0.6 is 0 Å².